The standard InChI is InChI=1S/C27H25N3O3/c1-33-25-15-9-8-14-21(25)24-18-28-26(22(29-24)16-19-10-4-2-5-11-19)30-23(27(31)32)17-20-12-6-3-7-13-20/h2-15,18,23H,16-17H2,1H3,(H,28,30)(H,31,32)/t23-/m0/s1. The van der Waals surface area contributed by atoms with Gasteiger partial charge in [-0.15, -0.1) is 0 Å². The molecule has 6 nitrogen and oxygen atoms in total. The van der Waals surface area contributed by atoms with Crippen LogP contribution in [0.1, 0.15) is 16.8 Å². The van der Waals surface area contributed by atoms with Gasteiger partial charge in [0.1, 0.15) is 17.6 Å². The van der Waals surface area contributed by atoms with E-state index in [2.05, 4.69) is 10.3 Å². The van der Waals surface area contributed by atoms with Gasteiger partial charge in [-0.1, -0.05) is 72.8 Å². The summed E-state index contributed by atoms with van der Waals surface area (Å²) in [6, 6.07) is 26.2. The summed E-state index contributed by atoms with van der Waals surface area (Å²) in [6.07, 6.45) is 2.49. The first kappa shape index (κ1) is 22.0. The van der Waals surface area contributed by atoms with Crippen LogP contribution < -0.4 is 10.1 Å². The average Bonchev–Trinajstić information content (AvgIpc) is 2.85. The second-order valence-corrected chi connectivity index (χ2v) is 7.64. The van der Waals surface area contributed by atoms with Gasteiger partial charge in [0.2, 0.25) is 0 Å². The van der Waals surface area contributed by atoms with E-state index in [1.54, 1.807) is 13.3 Å². The Bertz CT molecular complexity index is 1210. The van der Waals surface area contributed by atoms with Gasteiger partial charge >= 0.3 is 5.97 Å². The third-order valence-electron chi connectivity index (χ3n) is 5.33. The maximum Gasteiger partial charge on any atom is 0.326 e. The number of nitrogens with zero attached hydrogens (tertiary/aromatic N) is 2. The van der Waals surface area contributed by atoms with Crippen molar-refractivity contribution in [1.29, 1.82) is 0 Å². The number of methoxy groups -OCH3 is 1. The number of carboxylic acids is 1. The number of hydrogen-bond acceptors (Lipinski definition) is 5. The number of benzene rings is 3. The fourth-order valence-electron chi connectivity index (χ4n) is 3.66. The maximum atomic E-state index is 12.0. The van der Waals surface area contributed by atoms with Gasteiger partial charge in [0.25, 0.3) is 0 Å². The number of aliphatic carboxylic acids is 1. The number of carboxylic acid groups (broad SMARTS) is 1. The Morgan fingerprint density at radius 2 is 1.58 bits per heavy atom. The molecule has 0 spiro atoms. The quantitative estimate of drug-likeness (QED) is 0.388. The second-order valence-electron chi connectivity index (χ2n) is 7.64. The largest absolute Gasteiger partial charge is 0.496 e. The first-order chi connectivity index (χ1) is 16.1. The fourth-order valence-corrected chi connectivity index (χ4v) is 3.66. The molecule has 1 heterocycles. The zero-order chi connectivity index (χ0) is 23.0. The summed E-state index contributed by atoms with van der Waals surface area (Å²) in [5.41, 5.74) is 4.15. The summed E-state index contributed by atoms with van der Waals surface area (Å²) in [5.74, 6) is 0.214. The molecular weight excluding hydrogens is 414 g/mol. The fraction of sp³-hybridized carbons (Fsp3) is 0.148. The lowest BCUT2D eigenvalue weighted by Gasteiger charge is -2.18. The van der Waals surface area contributed by atoms with Crippen molar-refractivity contribution >= 4 is 11.8 Å². The van der Waals surface area contributed by atoms with E-state index in [4.69, 9.17) is 9.72 Å². The van der Waals surface area contributed by atoms with Gasteiger partial charge in [-0.2, -0.15) is 0 Å². The summed E-state index contributed by atoms with van der Waals surface area (Å²) in [5, 5.41) is 13.0. The van der Waals surface area contributed by atoms with Crippen molar-refractivity contribution in [2.45, 2.75) is 18.9 Å². The molecule has 0 aliphatic rings. The minimum atomic E-state index is -0.944. The Hall–Kier alpha value is -4.19. The highest BCUT2D eigenvalue weighted by atomic mass is 16.5. The molecule has 0 saturated heterocycles. The van der Waals surface area contributed by atoms with Crippen molar-refractivity contribution in [2.75, 3.05) is 12.4 Å². The maximum absolute atomic E-state index is 12.0. The first-order valence-electron chi connectivity index (χ1n) is 10.7. The van der Waals surface area contributed by atoms with E-state index in [9.17, 15) is 9.90 Å². The number of ether oxygens (including phenoxy) is 1. The van der Waals surface area contributed by atoms with E-state index in [-0.39, 0.29) is 0 Å². The second kappa shape index (κ2) is 10.4. The molecule has 1 aromatic heterocycles. The van der Waals surface area contributed by atoms with Crippen molar-refractivity contribution in [3.05, 3.63) is 108 Å². The lowest BCUT2D eigenvalue weighted by atomic mass is 10.0. The van der Waals surface area contributed by atoms with Crippen molar-refractivity contribution in [1.82, 2.24) is 9.97 Å². The smallest absolute Gasteiger partial charge is 0.326 e. The number of rotatable bonds is 9. The van der Waals surface area contributed by atoms with Gasteiger partial charge < -0.3 is 15.2 Å². The van der Waals surface area contributed by atoms with E-state index in [0.717, 1.165) is 16.7 Å². The Morgan fingerprint density at radius 3 is 2.24 bits per heavy atom. The molecule has 1 atom stereocenters. The molecule has 0 fully saturated rings. The predicted octanol–water partition coefficient (Wildman–Crippen LogP) is 4.85. The molecule has 4 rings (SSSR count). The highest BCUT2D eigenvalue weighted by Crippen LogP contribution is 2.29. The number of para-hydroxylation sites is 1. The minimum absolute atomic E-state index is 0.330. The predicted molar refractivity (Wildman–Crippen MR) is 128 cm³/mol. The van der Waals surface area contributed by atoms with Gasteiger partial charge in [-0.25, -0.2) is 14.8 Å². The van der Waals surface area contributed by atoms with Crippen molar-refractivity contribution in [3.63, 3.8) is 0 Å². The van der Waals surface area contributed by atoms with E-state index >= 15 is 0 Å². The summed E-state index contributed by atoms with van der Waals surface area (Å²) in [4.78, 5) is 21.5. The molecule has 166 valence electrons. The average molecular weight is 440 g/mol. The van der Waals surface area contributed by atoms with Gasteiger partial charge in [0.05, 0.1) is 24.7 Å². The van der Waals surface area contributed by atoms with E-state index in [1.807, 2.05) is 84.9 Å². The lowest BCUT2D eigenvalue weighted by Crippen LogP contribution is -2.32. The van der Waals surface area contributed by atoms with Crippen LogP contribution in [0.3, 0.4) is 0 Å². The lowest BCUT2D eigenvalue weighted by molar-refractivity contribution is -0.137. The topological polar surface area (TPSA) is 84.3 Å². The van der Waals surface area contributed by atoms with Crippen LogP contribution >= 0.6 is 0 Å². The molecule has 0 unspecified atom stereocenters. The highest BCUT2D eigenvalue weighted by molar-refractivity contribution is 5.78. The highest BCUT2D eigenvalue weighted by Gasteiger charge is 2.21. The monoisotopic (exact) mass is 439 g/mol. The van der Waals surface area contributed by atoms with Crippen LogP contribution in [0.25, 0.3) is 11.3 Å². The Balaban J connectivity index is 1.70. The molecule has 0 radical (unpaired) electrons. The number of anilines is 1. The van der Waals surface area contributed by atoms with E-state index in [1.165, 1.54) is 0 Å². The van der Waals surface area contributed by atoms with Crippen molar-refractivity contribution in [3.8, 4) is 17.0 Å². The summed E-state index contributed by atoms with van der Waals surface area (Å²) in [6.45, 7) is 0. The Labute approximate surface area is 192 Å². The summed E-state index contributed by atoms with van der Waals surface area (Å²) >= 11 is 0. The molecular formula is C27H25N3O3. The molecule has 2 N–H and O–H groups in total. The molecule has 0 aliphatic carbocycles. The normalized spacial score (nSPS) is 11.5. The number of hydrogen-bond donors (Lipinski definition) is 2. The third kappa shape index (κ3) is 5.54. The van der Waals surface area contributed by atoms with Crippen LogP contribution in [0.15, 0.2) is 91.1 Å². The molecule has 0 amide bonds. The minimum Gasteiger partial charge on any atom is -0.496 e. The SMILES string of the molecule is COc1ccccc1-c1cnc(N[C@@H](Cc2ccccc2)C(=O)O)c(Cc2ccccc2)n1. The zero-order valence-corrected chi connectivity index (χ0v) is 18.3. The van der Waals surface area contributed by atoms with E-state index < -0.39 is 12.0 Å². The van der Waals surface area contributed by atoms with Crippen LogP contribution in [0.4, 0.5) is 5.82 Å². The number of nitrogens with one attached hydrogen (secondary N) is 1. The summed E-state index contributed by atoms with van der Waals surface area (Å²) < 4.78 is 5.49. The molecule has 0 bridgehead atoms. The molecule has 0 saturated carbocycles. The van der Waals surface area contributed by atoms with Crippen LogP contribution in [-0.2, 0) is 17.6 Å². The number of carbonyl (C=O) groups is 1. The third-order valence-corrected chi connectivity index (χ3v) is 5.33. The van der Waals surface area contributed by atoms with Crippen LogP contribution in [0.5, 0.6) is 5.75 Å². The molecule has 6 heteroatoms. The molecule has 33 heavy (non-hydrogen) atoms. The Morgan fingerprint density at radius 1 is 0.939 bits per heavy atom. The zero-order valence-electron chi connectivity index (χ0n) is 18.3. The van der Waals surface area contributed by atoms with Crippen LogP contribution in [0, 0.1) is 0 Å². The van der Waals surface area contributed by atoms with Crippen molar-refractivity contribution in [2.24, 2.45) is 0 Å². The van der Waals surface area contributed by atoms with E-state index in [0.29, 0.717) is 35.8 Å². The van der Waals surface area contributed by atoms with Crippen LogP contribution in [-0.4, -0.2) is 34.2 Å². The number of aromatic nitrogens is 2. The van der Waals surface area contributed by atoms with Crippen LogP contribution in [0.2, 0.25) is 0 Å². The molecule has 3 aromatic carbocycles. The Kier molecular flexibility index (Phi) is 6.95. The van der Waals surface area contributed by atoms with Gasteiger partial charge in [0.15, 0.2) is 0 Å². The van der Waals surface area contributed by atoms with Crippen molar-refractivity contribution < 1.29 is 14.6 Å². The van der Waals surface area contributed by atoms with Gasteiger partial charge in [0, 0.05) is 18.4 Å². The summed E-state index contributed by atoms with van der Waals surface area (Å²) in [7, 11) is 1.62. The van der Waals surface area contributed by atoms with Gasteiger partial charge in [-0.05, 0) is 23.3 Å². The molecule has 4 aromatic rings. The molecule has 0 aliphatic heterocycles. The first-order valence-corrected chi connectivity index (χ1v) is 10.7. The van der Waals surface area contributed by atoms with Gasteiger partial charge in [-0.3, -0.25) is 0 Å².